The molecule has 1 saturated heterocycles. The average Bonchev–Trinajstić information content (AvgIpc) is 2.16. The first-order valence-corrected chi connectivity index (χ1v) is 4.77. The highest BCUT2D eigenvalue weighted by atomic mass is 16.5. The molecule has 0 atom stereocenters. The van der Waals surface area contributed by atoms with Gasteiger partial charge in [-0.3, -0.25) is 4.79 Å². The second kappa shape index (κ2) is 4.58. The van der Waals surface area contributed by atoms with Crippen molar-refractivity contribution in [2.24, 2.45) is 0 Å². The van der Waals surface area contributed by atoms with Crippen LogP contribution in [0.5, 0.6) is 0 Å². The van der Waals surface area contributed by atoms with Gasteiger partial charge in [0, 0.05) is 13.2 Å². The molecular weight excluding hydrogens is 170 g/mol. The van der Waals surface area contributed by atoms with Crippen LogP contribution in [-0.4, -0.2) is 36.4 Å². The molecule has 0 saturated carbocycles. The molecular formula is C9H17NO3. The molecule has 0 radical (unpaired) electrons. The fourth-order valence-electron chi connectivity index (χ4n) is 1.55. The van der Waals surface area contributed by atoms with Gasteiger partial charge in [-0.25, -0.2) is 0 Å². The highest BCUT2D eigenvalue weighted by Crippen LogP contribution is 2.20. The number of hydrogen-bond donors (Lipinski definition) is 2. The van der Waals surface area contributed by atoms with E-state index in [9.17, 15) is 4.79 Å². The lowest BCUT2D eigenvalue weighted by Gasteiger charge is -2.33. The SMILES string of the molecule is CCCNC1(C(=O)O)CCOCC1. The summed E-state index contributed by atoms with van der Waals surface area (Å²) in [6.07, 6.45) is 2.10. The minimum atomic E-state index is -0.746. The maximum atomic E-state index is 11.1. The molecule has 0 unspecified atom stereocenters. The number of hydrogen-bond acceptors (Lipinski definition) is 3. The zero-order valence-corrected chi connectivity index (χ0v) is 8.01. The van der Waals surface area contributed by atoms with Crippen LogP contribution >= 0.6 is 0 Å². The van der Waals surface area contributed by atoms with Crippen LogP contribution in [-0.2, 0) is 9.53 Å². The van der Waals surface area contributed by atoms with Gasteiger partial charge in [-0.05, 0) is 25.8 Å². The van der Waals surface area contributed by atoms with Crippen LogP contribution in [0.4, 0.5) is 0 Å². The first-order valence-electron chi connectivity index (χ1n) is 4.77. The predicted molar refractivity (Wildman–Crippen MR) is 48.7 cm³/mol. The molecule has 0 aromatic carbocycles. The van der Waals surface area contributed by atoms with Crippen LogP contribution < -0.4 is 5.32 Å². The number of carboxylic acids is 1. The highest BCUT2D eigenvalue weighted by Gasteiger charge is 2.39. The minimum absolute atomic E-state index is 0.545. The average molecular weight is 187 g/mol. The van der Waals surface area contributed by atoms with Gasteiger partial charge in [0.05, 0.1) is 0 Å². The van der Waals surface area contributed by atoms with E-state index in [-0.39, 0.29) is 0 Å². The summed E-state index contributed by atoms with van der Waals surface area (Å²) >= 11 is 0. The summed E-state index contributed by atoms with van der Waals surface area (Å²) in [6.45, 7) is 3.88. The van der Waals surface area contributed by atoms with Crippen LogP contribution in [0.2, 0.25) is 0 Å². The Balaban J connectivity index is 2.56. The van der Waals surface area contributed by atoms with E-state index < -0.39 is 11.5 Å². The van der Waals surface area contributed by atoms with E-state index in [0.717, 1.165) is 13.0 Å². The van der Waals surface area contributed by atoms with E-state index >= 15 is 0 Å². The monoisotopic (exact) mass is 187 g/mol. The van der Waals surface area contributed by atoms with E-state index in [0.29, 0.717) is 26.1 Å². The van der Waals surface area contributed by atoms with Crippen molar-refractivity contribution >= 4 is 5.97 Å². The first-order chi connectivity index (χ1) is 6.21. The Labute approximate surface area is 78.3 Å². The van der Waals surface area contributed by atoms with Gasteiger partial charge in [0.15, 0.2) is 0 Å². The third-order valence-electron chi connectivity index (χ3n) is 2.47. The molecule has 0 spiro atoms. The molecule has 4 heteroatoms. The van der Waals surface area contributed by atoms with E-state index in [1.165, 1.54) is 0 Å². The van der Waals surface area contributed by atoms with Crippen molar-refractivity contribution in [3.63, 3.8) is 0 Å². The van der Waals surface area contributed by atoms with Gasteiger partial charge in [-0.15, -0.1) is 0 Å². The molecule has 1 aliphatic heterocycles. The third-order valence-corrected chi connectivity index (χ3v) is 2.47. The Bertz CT molecular complexity index is 176. The van der Waals surface area contributed by atoms with Crippen molar-refractivity contribution in [3.8, 4) is 0 Å². The summed E-state index contributed by atoms with van der Waals surface area (Å²) in [5, 5.41) is 12.2. The van der Waals surface area contributed by atoms with Crippen molar-refractivity contribution in [3.05, 3.63) is 0 Å². The lowest BCUT2D eigenvalue weighted by molar-refractivity contribution is -0.149. The van der Waals surface area contributed by atoms with Gasteiger partial charge < -0.3 is 15.2 Å². The standard InChI is InChI=1S/C9H17NO3/c1-2-5-10-9(8(11)12)3-6-13-7-4-9/h10H,2-7H2,1H3,(H,11,12). The molecule has 2 N–H and O–H groups in total. The van der Waals surface area contributed by atoms with E-state index in [1.807, 2.05) is 6.92 Å². The van der Waals surface area contributed by atoms with Gasteiger partial charge in [-0.1, -0.05) is 6.92 Å². The maximum Gasteiger partial charge on any atom is 0.324 e. The maximum absolute atomic E-state index is 11.1. The van der Waals surface area contributed by atoms with Gasteiger partial charge in [-0.2, -0.15) is 0 Å². The molecule has 76 valence electrons. The quantitative estimate of drug-likeness (QED) is 0.677. The second-order valence-electron chi connectivity index (χ2n) is 3.43. The Morgan fingerprint density at radius 3 is 2.62 bits per heavy atom. The normalized spacial score (nSPS) is 21.3. The highest BCUT2D eigenvalue weighted by molar-refractivity contribution is 5.78. The van der Waals surface area contributed by atoms with Crippen LogP contribution in [0, 0.1) is 0 Å². The smallest absolute Gasteiger partial charge is 0.324 e. The lowest BCUT2D eigenvalue weighted by Crippen LogP contribution is -2.55. The predicted octanol–water partition coefficient (Wildman–Crippen LogP) is 0.620. The largest absolute Gasteiger partial charge is 0.480 e. The Morgan fingerprint density at radius 2 is 2.15 bits per heavy atom. The van der Waals surface area contributed by atoms with Crippen molar-refractivity contribution in [1.82, 2.24) is 5.32 Å². The van der Waals surface area contributed by atoms with Crippen LogP contribution in [0.15, 0.2) is 0 Å². The van der Waals surface area contributed by atoms with Crippen molar-refractivity contribution in [2.45, 2.75) is 31.7 Å². The summed E-state index contributed by atoms with van der Waals surface area (Å²) in [7, 11) is 0. The molecule has 0 bridgehead atoms. The second-order valence-corrected chi connectivity index (χ2v) is 3.43. The minimum Gasteiger partial charge on any atom is -0.480 e. The molecule has 0 aromatic heterocycles. The van der Waals surface area contributed by atoms with Crippen LogP contribution in [0.3, 0.4) is 0 Å². The Hall–Kier alpha value is -0.610. The molecule has 1 fully saturated rings. The number of ether oxygens (including phenoxy) is 1. The zero-order valence-electron chi connectivity index (χ0n) is 8.01. The fourth-order valence-corrected chi connectivity index (χ4v) is 1.55. The summed E-state index contributed by atoms with van der Waals surface area (Å²) in [4.78, 5) is 11.1. The molecule has 1 aliphatic rings. The van der Waals surface area contributed by atoms with Gasteiger partial charge in [0.1, 0.15) is 5.54 Å². The third kappa shape index (κ3) is 2.42. The number of carboxylic acid groups (broad SMARTS) is 1. The van der Waals surface area contributed by atoms with Crippen molar-refractivity contribution < 1.29 is 14.6 Å². The lowest BCUT2D eigenvalue weighted by atomic mass is 9.90. The number of rotatable bonds is 4. The summed E-state index contributed by atoms with van der Waals surface area (Å²) < 4.78 is 5.15. The van der Waals surface area contributed by atoms with Crippen LogP contribution in [0.25, 0.3) is 0 Å². The topological polar surface area (TPSA) is 58.6 Å². The van der Waals surface area contributed by atoms with Crippen LogP contribution in [0.1, 0.15) is 26.2 Å². The van der Waals surface area contributed by atoms with Crippen molar-refractivity contribution in [1.29, 1.82) is 0 Å². The molecule has 0 amide bonds. The van der Waals surface area contributed by atoms with Gasteiger partial charge in [0.2, 0.25) is 0 Å². The summed E-state index contributed by atoms with van der Waals surface area (Å²) in [5.74, 6) is -0.746. The van der Waals surface area contributed by atoms with Gasteiger partial charge in [0.25, 0.3) is 0 Å². The number of carbonyl (C=O) groups is 1. The fraction of sp³-hybridized carbons (Fsp3) is 0.889. The number of nitrogens with one attached hydrogen (secondary N) is 1. The Kier molecular flexibility index (Phi) is 3.69. The Morgan fingerprint density at radius 1 is 1.54 bits per heavy atom. The molecule has 13 heavy (non-hydrogen) atoms. The van der Waals surface area contributed by atoms with Crippen molar-refractivity contribution in [2.75, 3.05) is 19.8 Å². The molecule has 1 rings (SSSR count). The molecule has 0 aliphatic carbocycles. The van der Waals surface area contributed by atoms with Gasteiger partial charge >= 0.3 is 5.97 Å². The number of aliphatic carboxylic acids is 1. The molecule has 4 nitrogen and oxygen atoms in total. The zero-order chi connectivity index (χ0) is 9.73. The molecule has 1 heterocycles. The van der Waals surface area contributed by atoms with E-state index in [4.69, 9.17) is 9.84 Å². The first kappa shape index (κ1) is 10.5. The summed E-state index contributed by atoms with van der Waals surface area (Å²) in [5.41, 5.74) is -0.728. The van der Waals surface area contributed by atoms with E-state index in [1.54, 1.807) is 0 Å². The van der Waals surface area contributed by atoms with E-state index in [2.05, 4.69) is 5.32 Å². The molecule has 0 aromatic rings. The summed E-state index contributed by atoms with van der Waals surface area (Å²) in [6, 6.07) is 0.